The molecule has 2 N–H and O–H groups in total. The number of hydrogen-bond donors (Lipinski definition) is 2. The maximum atomic E-state index is 12.6. The van der Waals surface area contributed by atoms with Gasteiger partial charge in [-0.1, -0.05) is 38.5 Å². The van der Waals surface area contributed by atoms with E-state index in [1.165, 1.54) is 0 Å². The molecule has 0 aliphatic carbocycles. The van der Waals surface area contributed by atoms with E-state index in [2.05, 4.69) is 10.6 Å². The standard InChI is InChI=1S/C21H31N3O4/c1-4-6-12-28-19(26)13-17-21(27)22-10-11-24(17)14-18(25)23-20-15(3)8-7-9-16(20)5-2/h7-9,17H,4-6,10-14H2,1-3H3,(H,22,27)(H,23,25). The SMILES string of the molecule is CCCCOC(=O)CC1C(=O)NCCN1CC(=O)Nc1c(C)cccc1CC. The van der Waals surface area contributed by atoms with E-state index in [1.807, 2.05) is 39.0 Å². The van der Waals surface area contributed by atoms with Crippen molar-refractivity contribution in [2.45, 2.75) is 52.5 Å². The summed E-state index contributed by atoms with van der Waals surface area (Å²) in [5, 5.41) is 5.74. The van der Waals surface area contributed by atoms with Crippen molar-refractivity contribution in [3.8, 4) is 0 Å². The van der Waals surface area contributed by atoms with Gasteiger partial charge in [-0.3, -0.25) is 19.3 Å². The number of hydrogen-bond acceptors (Lipinski definition) is 5. The van der Waals surface area contributed by atoms with Gasteiger partial charge in [0.15, 0.2) is 0 Å². The molecule has 1 unspecified atom stereocenters. The fraction of sp³-hybridized carbons (Fsp3) is 0.571. The first kappa shape index (κ1) is 21.9. The van der Waals surface area contributed by atoms with Gasteiger partial charge >= 0.3 is 5.97 Å². The van der Waals surface area contributed by atoms with Crippen molar-refractivity contribution in [2.24, 2.45) is 0 Å². The number of piperazine rings is 1. The number of rotatable bonds is 9. The Hall–Kier alpha value is -2.41. The average molecular weight is 389 g/mol. The van der Waals surface area contributed by atoms with Crippen LogP contribution >= 0.6 is 0 Å². The van der Waals surface area contributed by atoms with E-state index in [0.717, 1.165) is 36.1 Å². The quantitative estimate of drug-likeness (QED) is 0.498. The van der Waals surface area contributed by atoms with Gasteiger partial charge < -0.3 is 15.4 Å². The molecule has 0 bridgehead atoms. The third kappa shape index (κ3) is 6.05. The van der Waals surface area contributed by atoms with Crippen molar-refractivity contribution in [3.63, 3.8) is 0 Å². The number of aryl methyl sites for hydroxylation is 2. The summed E-state index contributed by atoms with van der Waals surface area (Å²) in [6.07, 6.45) is 2.50. The number of carbonyl (C=O) groups is 3. The minimum Gasteiger partial charge on any atom is -0.466 e. The Bertz CT molecular complexity index is 705. The van der Waals surface area contributed by atoms with Crippen LogP contribution in [0.15, 0.2) is 18.2 Å². The highest BCUT2D eigenvalue weighted by Gasteiger charge is 2.33. The maximum absolute atomic E-state index is 12.6. The Morgan fingerprint density at radius 1 is 1.32 bits per heavy atom. The third-order valence-electron chi connectivity index (χ3n) is 4.91. The van der Waals surface area contributed by atoms with E-state index in [4.69, 9.17) is 4.74 Å². The van der Waals surface area contributed by atoms with Gasteiger partial charge in [0, 0.05) is 18.8 Å². The Morgan fingerprint density at radius 2 is 2.11 bits per heavy atom. The number of benzene rings is 1. The van der Waals surface area contributed by atoms with Crippen LogP contribution in [-0.2, 0) is 25.5 Å². The Kier molecular flexibility index (Phi) is 8.44. The average Bonchev–Trinajstić information content (AvgIpc) is 2.66. The number of unbranched alkanes of at least 4 members (excludes halogenated alkanes) is 1. The molecule has 2 amide bonds. The number of anilines is 1. The summed E-state index contributed by atoms with van der Waals surface area (Å²) in [7, 11) is 0. The van der Waals surface area contributed by atoms with Gasteiger partial charge in [-0.15, -0.1) is 0 Å². The molecule has 154 valence electrons. The molecule has 0 radical (unpaired) electrons. The van der Waals surface area contributed by atoms with Gasteiger partial charge in [-0.05, 0) is 30.9 Å². The van der Waals surface area contributed by atoms with Gasteiger partial charge in [-0.2, -0.15) is 0 Å². The molecule has 0 aromatic heterocycles. The highest BCUT2D eigenvalue weighted by molar-refractivity contribution is 5.95. The summed E-state index contributed by atoms with van der Waals surface area (Å²) in [4.78, 5) is 38.7. The van der Waals surface area contributed by atoms with Crippen LogP contribution in [0.1, 0.15) is 44.2 Å². The number of carbonyl (C=O) groups excluding carboxylic acids is 3. The molecule has 1 aromatic carbocycles. The molecular formula is C21H31N3O4. The Labute approximate surface area is 166 Å². The summed E-state index contributed by atoms with van der Waals surface area (Å²) in [5.74, 6) is -0.840. The molecule has 1 aromatic rings. The van der Waals surface area contributed by atoms with Crippen LogP contribution in [0.25, 0.3) is 0 Å². The lowest BCUT2D eigenvalue weighted by molar-refractivity contribution is -0.149. The molecular weight excluding hydrogens is 358 g/mol. The number of esters is 1. The predicted molar refractivity (Wildman–Crippen MR) is 108 cm³/mol. The predicted octanol–water partition coefficient (Wildman–Crippen LogP) is 2.03. The summed E-state index contributed by atoms with van der Waals surface area (Å²) >= 11 is 0. The second kappa shape index (κ2) is 10.8. The number of nitrogens with zero attached hydrogens (tertiary/aromatic N) is 1. The highest BCUT2D eigenvalue weighted by Crippen LogP contribution is 2.21. The van der Waals surface area contributed by atoms with Gasteiger partial charge in [0.25, 0.3) is 0 Å². The first-order valence-electron chi connectivity index (χ1n) is 10.0. The molecule has 1 fully saturated rings. The first-order chi connectivity index (χ1) is 13.5. The van der Waals surface area contributed by atoms with E-state index in [1.54, 1.807) is 4.90 Å². The lowest BCUT2D eigenvalue weighted by atomic mass is 10.1. The van der Waals surface area contributed by atoms with Gasteiger partial charge in [0.2, 0.25) is 11.8 Å². The lowest BCUT2D eigenvalue weighted by Crippen LogP contribution is -2.57. The number of nitrogens with one attached hydrogen (secondary N) is 2. The zero-order valence-electron chi connectivity index (χ0n) is 17.0. The third-order valence-corrected chi connectivity index (χ3v) is 4.91. The normalized spacial score (nSPS) is 17.1. The summed E-state index contributed by atoms with van der Waals surface area (Å²) in [6, 6.07) is 5.24. The monoisotopic (exact) mass is 389 g/mol. The molecule has 7 heteroatoms. The summed E-state index contributed by atoms with van der Waals surface area (Å²) < 4.78 is 5.18. The van der Waals surface area contributed by atoms with Gasteiger partial charge in [-0.25, -0.2) is 0 Å². The van der Waals surface area contributed by atoms with E-state index in [0.29, 0.717) is 19.7 Å². The van der Waals surface area contributed by atoms with Crippen LogP contribution in [-0.4, -0.2) is 55.0 Å². The van der Waals surface area contributed by atoms with Crippen molar-refractivity contribution < 1.29 is 19.1 Å². The van der Waals surface area contributed by atoms with E-state index in [9.17, 15) is 14.4 Å². The van der Waals surface area contributed by atoms with Crippen molar-refractivity contribution in [1.29, 1.82) is 0 Å². The minimum atomic E-state index is -0.684. The summed E-state index contributed by atoms with van der Waals surface area (Å²) in [6.45, 7) is 7.40. The maximum Gasteiger partial charge on any atom is 0.307 e. The molecule has 1 heterocycles. The summed E-state index contributed by atoms with van der Waals surface area (Å²) in [5.41, 5.74) is 2.90. The van der Waals surface area contributed by atoms with Crippen molar-refractivity contribution in [1.82, 2.24) is 10.2 Å². The van der Waals surface area contributed by atoms with E-state index >= 15 is 0 Å². The Morgan fingerprint density at radius 3 is 2.82 bits per heavy atom. The molecule has 0 saturated carbocycles. The van der Waals surface area contributed by atoms with Crippen LogP contribution in [0.3, 0.4) is 0 Å². The fourth-order valence-corrected chi connectivity index (χ4v) is 3.29. The van der Waals surface area contributed by atoms with Crippen molar-refractivity contribution >= 4 is 23.5 Å². The number of para-hydroxylation sites is 1. The Balaban J connectivity index is 2.00. The molecule has 1 aliphatic rings. The fourth-order valence-electron chi connectivity index (χ4n) is 3.29. The van der Waals surface area contributed by atoms with Crippen LogP contribution in [0, 0.1) is 6.92 Å². The zero-order chi connectivity index (χ0) is 20.5. The number of ether oxygens (including phenoxy) is 1. The molecule has 1 aliphatic heterocycles. The second-order valence-electron chi connectivity index (χ2n) is 7.07. The van der Waals surface area contributed by atoms with E-state index < -0.39 is 12.0 Å². The number of amides is 2. The minimum absolute atomic E-state index is 0.0482. The molecule has 2 rings (SSSR count). The van der Waals surface area contributed by atoms with E-state index in [-0.39, 0.29) is 24.8 Å². The van der Waals surface area contributed by atoms with Crippen molar-refractivity contribution in [2.75, 3.05) is 31.6 Å². The molecule has 7 nitrogen and oxygen atoms in total. The highest BCUT2D eigenvalue weighted by atomic mass is 16.5. The molecule has 28 heavy (non-hydrogen) atoms. The van der Waals surface area contributed by atoms with Gasteiger partial charge in [0.1, 0.15) is 6.04 Å². The molecule has 1 atom stereocenters. The topological polar surface area (TPSA) is 87.7 Å². The van der Waals surface area contributed by atoms with Gasteiger partial charge in [0.05, 0.1) is 19.6 Å². The largest absolute Gasteiger partial charge is 0.466 e. The molecule has 0 spiro atoms. The molecule has 1 saturated heterocycles. The van der Waals surface area contributed by atoms with Crippen LogP contribution in [0.4, 0.5) is 5.69 Å². The van der Waals surface area contributed by atoms with Crippen LogP contribution in [0.5, 0.6) is 0 Å². The smallest absolute Gasteiger partial charge is 0.307 e. The zero-order valence-corrected chi connectivity index (χ0v) is 17.0. The van der Waals surface area contributed by atoms with Crippen LogP contribution < -0.4 is 10.6 Å². The second-order valence-corrected chi connectivity index (χ2v) is 7.07. The van der Waals surface area contributed by atoms with Crippen molar-refractivity contribution in [3.05, 3.63) is 29.3 Å². The van der Waals surface area contributed by atoms with Crippen LogP contribution in [0.2, 0.25) is 0 Å². The first-order valence-corrected chi connectivity index (χ1v) is 10.0. The lowest BCUT2D eigenvalue weighted by Gasteiger charge is -2.34.